The lowest BCUT2D eigenvalue weighted by Crippen LogP contribution is -2.22. The number of hydrogen-bond donors (Lipinski definition) is 3. The Balaban J connectivity index is 1.97. The van der Waals surface area contributed by atoms with Gasteiger partial charge in [-0.3, -0.25) is 4.79 Å². The van der Waals surface area contributed by atoms with E-state index < -0.39 is 30.5 Å². The topological polar surface area (TPSA) is 137 Å². The summed E-state index contributed by atoms with van der Waals surface area (Å²) in [6.07, 6.45) is 0. The Morgan fingerprint density at radius 1 is 1.04 bits per heavy atom. The molecule has 3 amide bonds. The van der Waals surface area contributed by atoms with Crippen LogP contribution in [0.3, 0.4) is 0 Å². The van der Waals surface area contributed by atoms with E-state index in [-0.39, 0.29) is 11.1 Å². The summed E-state index contributed by atoms with van der Waals surface area (Å²) < 4.78 is 9.71. The van der Waals surface area contributed by atoms with Gasteiger partial charge in [-0.2, -0.15) is 0 Å². The highest BCUT2D eigenvalue weighted by atomic mass is 32.1. The van der Waals surface area contributed by atoms with Gasteiger partial charge in [-0.25, -0.2) is 14.4 Å². The highest BCUT2D eigenvalue weighted by Gasteiger charge is 2.22. The third kappa shape index (κ3) is 5.07. The normalized spacial score (nSPS) is 10.1. The largest absolute Gasteiger partial charge is 0.465 e. The molecule has 28 heavy (non-hydrogen) atoms. The zero-order chi connectivity index (χ0) is 20.8. The molecule has 10 heteroatoms. The van der Waals surface area contributed by atoms with Crippen molar-refractivity contribution in [3.8, 4) is 0 Å². The number of hydrogen-bond acceptors (Lipinski definition) is 7. The average Bonchev–Trinajstić information content (AvgIpc) is 2.92. The molecule has 1 heterocycles. The number of nitrogens with one attached hydrogen (secondary N) is 2. The summed E-state index contributed by atoms with van der Waals surface area (Å²) in [5.41, 5.74) is 6.61. The summed E-state index contributed by atoms with van der Waals surface area (Å²) in [6, 6.07) is 5.07. The Hall–Kier alpha value is -3.40. The lowest BCUT2D eigenvalue weighted by atomic mass is 10.1. The predicted molar refractivity (Wildman–Crippen MR) is 104 cm³/mol. The monoisotopic (exact) mass is 405 g/mol. The van der Waals surface area contributed by atoms with Crippen molar-refractivity contribution in [2.75, 3.05) is 24.4 Å². The first-order valence-electron chi connectivity index (χ1n) is 8.04. The fraction of sp³-hybridized carbons (Fsp3) is 0.222. The first-order valence-corrected chi connectivity index (χ1v) is 8.86. The van der Waals surface area contributed by atoms with Crippen LogP contribution in [0.2, 0.25) is 0 Å². The number of esters is 2. The molecular weight excluding hydrogens is 386 g/mol. The van der Waals surface area contributed by atoms with Crippen LogP contribution in [0.25, 0.3) is 0 Å². The molecule has 2 aromatic rings. The number of amides is 3. The minimum Gasteiger partial charge on any atom is -0.465 e. The second-order valence-electron chi connectivity index (χ2n) is 5.67. The molecule has 4 N–H and O–H groups in total. The Kier molecular flexibility index (Phi) is 6.72. The zero-order valence-corrected chi connectivity index (χ0v) is 16.3. The minimum absolute atomic E-state index is 0.195. The molecule has 0 fully saturated rings. The second kappa shape index (κ2) is 9.00. The maximum Gasteiger partial charge on any atom is 0.341 e. The summed E-state index contributed by atoms with van der Waals surface area (Å²) in [5, 5.41) is 5.26. The van der Waals surface area contributed by atoms with Crippen LogP contribution in [0.15, 0.2) is 24.3 Å². The Morgan fingerprint density at radius 3 is 2.25 bits per heavy atom. The number of anilines is 2. The molecule has 0 saturated carbocycles. The molecule has 0 bridgehead atoms. The number of carbonyl (C=O) groups excluding carboxylic acids is 4. The van der Waals surface area contributed by atoms with Gasteiger partial charge in [0.15, 0.2) is 6.61 Å². The number of nitrogens with two attached hydrogens (primary N) is 1. The highest BCUT2D eigenvalue weighted by molar-refractivity contribution is 7.16. The SMILES string of the molecule is COC(=O)c1c(NC(=O)COC(=O)c2ccc(NC(N)=O)cc2)sc(C)c1C. The van der Waals surface area contributed by atoms with Gasteiger partial charge in [0.1, 0.15) is 5.00 Å². The third-order valence-corrected chi connectivity index (χ3v) is 4.87. The molecule has 0 radical (unpaired) electrons. The number of thiophene rings is 1. The highest BCUT2D eigenvalue weighted by Crippen LogP contribution is 2.32. The molecule has 0 aliphatic rings. The van der Waals surface area contributed by atoms with Crippen molar-refractivity contribution < 1.29 is 28.7 Å². The molecule has 0 aliphatic carbocycles. The zero-order valence-electron chi connectivity index (χ0n) is 15.5. The standard InChI is InChI=1S/C18H19N3O6S/c1-9-10(2)28-15(14(9)17(24)26-3)21-13(22)8-27-16(23)11-4-6-12(7-5-11)20-18(19)25/h4-7H,8H2,1-3H3,(H,21,22)(H3,19,20,25). The maximum atomic E-state index is 12.1. The van der Waals surface area contributed by atoms with Crippen molar-refractivity contribution >= 4 is 45.9 Å². The number of benzene rings is 1. The van der Waals surface area contributed by atoms with Crippen LogP contribution >= 0.6 is 11.3 Å². The Labute approximate surface area is 164 Å². The van der Waals surface area contributed by atoms with E-state index in [0.717, 1.165) is 4.88 Å². The van der Waals surface area contributed by atoms with Gasteiger partial charge in [0.25, 0.3) is 5.91 Å². The fourth-order valence-electron chi connectivity index (χ4n) is 2.27. The van der Waals surface area contributed by atoms with Gasteiger partial charge in [0.05, 0.1) is 18.2 Å². The van der Waals surface area contributed by atoms with Gasteiger partial charge >= 0.3 is 18.0 Å². The van der Waals surface area contributed by atoms with Crippen LogP contribution in [0.1, 0.15) is 31.2 Å². The third-order valence-electron chi connectivity index (χ3n) is 3.75. The molecule has 2 rings (SSSR count). The van der Waals surface area contributed by atoms with Gasteiger partial charge < -0.3 is 25.8 Å². The van der Waals surface area contributed by atoms with Crippen LogP contribution in [-0.4, -0.2) is 37.6 Å². The number of methoxy groups -OCH3 is 1. The molecule has 0 aliphatic heterocycles. The molecule has 0 atom stereocenters. The molecule has 1 aromatic carbocycles. The molecule has 1 aromatic heterocycles. The lowest BCUT2D eigenvalue weighted by Gasteiger charge is -2.08. The lowest BCUT2D eigenvalue weighted by molar-refractivity contribution is -0.119. The number of carbonyl (C=O) groups is 4. The van der Waals surface area contributed by atoms with Crippen molar-refractivity contribution in [1.29, 1.82) is 0 Å². The molecule has 0 spiro atoms. The van der Waals surface area contributed by atoms with Crippen LogP contribution in [0.5, 0.6) is 0 Å². The van der Waals surface area contributed by atoms with E-state index in [0.29, 0.717) is 16.3 Å². The van der Waals surface area contributed by atoms with Crippen molar-refractivity contribution in [3.05, 3.63) is 45.8 Å². The van der Waals surface area contributed by atoms with Gasteiger partial charge in [-0.15, -0.1) is 11.3 Å². The number of primary amides is 1. The van der Waals surface area contributed by atoms with E-state index in [4.69, 9.17) is 15.2 Å². The summed E-state index contributed by atoms with van der Waals surface area (Å²) in [7, 11) is 1.26. The van der Waals surface area contributed by atoms with Crippen molar-refractivity contribution in [2.24, 2.45) is 5.73 Å². The number of rotatable bonds is 6. The van der Waals surface area contributed by atoms with Crippen LogP contribution in [0, 0.1) is 13.8 Å². The van der Waals surface area contributed by atoms with Gasteiger partial charge in [0, 0.05) is 10.6 Å². The first kappa shape index (κ1) is 20.9. The smallest absolute Gasteiger partial charge is 0.341 e. The van der Waals surface area contributed by atoms with Gasteiger partial charge in [-0.05, 0) is 43.7 Å². The van der Waals surface area contributed by atoms with Gasteiger partial charge in [-0.1, -0.05) is 0 Å². The van der Waals surface area contributed by atoms with E-state index in [9.17, 15) is 19.2 Å². The molecule has 148 valence electrons. The molecule has 0 unspecified atom stereocenters. The second-order valence-corrected chi connectivity index (χ2v) is 6.89. The van der Waals surface area contributed by atoms with E-state index in [1.165, 1.54) is 42.7 Å². The number of aryl methyl sites for hydroxylation is 1. The number of urea groups is 1. The summed E-state index contributed by atoms with van der Waals surface area (Å²) >= 11 is 1.23. The summed E-state index contributed by atoms with van der Waals surface area (Å²) in [5.74, 6) is -1.86. The van der Waals surface area contributed by atoms with Crippen molar-refractivity contribution in [1.82, 2.24) is 0 Å². The maximum absolute atomic E-state index is 12.1. The number of ether oxygens (including phenoxy) is 2. The first-order chi connectivity index (χ1) is 13.2. The minimum atomic E-state index is -0.725. The average molecular weight is 405 g/mol. The van der Waals surface area contributed by atoms with Crippen molar-refractivity contribution in [2.45, 2.75) is 13.8 Å². The quantitative estimate of drug-likeness (QED) is 0.631. The van der Waals surface area contributed by atoms with Crippen LogP contribution < -0.4 is 16.4 Å². The Morgan fingerprint density at radius 2 is 1.68 bits per heavy atom. The van der Waals surface area contributed by atoms with E-state index in [2.05, 4.69) is 10.6 Å². The van der Waals surface area contributed by atoms with E-state index in [1.807, 2.05) is 6.92 Å². The Bertz CT molecular complexity index is 920. The molecule has 0 saturated heterocycles. The van der Waals surface area contributed by atoms with Crippen LogP contribution in [0.4, 0.5) is 15.5 Å². The van der Waals surface area contributed by atoms with Crippen molar-refractivity contribution in [3.63, 3.8) is 0 Å². The van der Waals surface area contributed by atoms with Gasteiger partial charge in [0.2, 0.25) is 0 Å². The van der Waals surface area contributed by atoms with E-state index in [1.54, 1.807) is 6.92 Å². The summed E-state index contributed by atoms with van der Waals surface area (Å²) in [4.78, 5) is 47.7. The fourth-order valence-corrected chi connectivity index (χ4v) is 3.34. The summed E-state index contributed by atoms with van der Waals surface area (Å²) in [6.45, 7) is 3.04. The van der Waals surface area contributed by atoms with E-state index >= 15 is 0 Å². The predicted octanol–water partition coefficient (Wildman–Crippen LogP) is 2.44. The molecular formula is C18H19N3O6S. The van der Waals surface area contributed by atoms with Crippen LogP contribution in [-0.2, 0) is 14.3 Å². The molecule has 9 nitrogen and oxygen atoms in total.